The Balaban J connectivity index is 1.80. The van der Waals surface area contributed by atoms with Crippen molar-refractivity contribution in [3.05, 3.63) is 59.2 Å². The Morgan fingerprint density at radius 2 is 1.71 bits per heavy atom. The predicted octanol–water partition coefficient (Wildman–Crippen LogP) is 3.52. The van der Waals surface area contributed by atoms with E-state index in [1.807, 2.05) is 24.3 Å². The molecule has 8 nitrogen and oxygen atoms in total. The zero-order valence-corrected chi connectivity index (χ0v) is 19.7. The third-order valence-corrected chi connectivity index (χ3v) is 5.69. The molecule has 2 N–H and O–H groups in total. The van der Waals surface area contributed by atoms with Crippen molar-refractivity contribution in [2.45, 2.75) is 45.6 Å². The van der Waals surface area contributed by atoms with Gasteiger partial charge in [0, 0.05) is 24.3 Å². The number of hydrogen-bond acceptors (Lipinski definition) is 7. The number of hydrogen-bond donors (Lipinski definition) is 2. The Morgan fingerprint density at radius 3 is 2.38 bits per heavy atom. The van der Waals surface area contributed by atoms with Crippen LogP contribution in [0.2, 0.25) is 0 Å². The number of piperidine rings is 1. The summed E-state index contributed by atoms with van der Waals surface area (Å²) in [5, 5.41) is 13.0. The molecule has 0 saturated carbocycles. The number of aromatic hydroxyl groups is 1. The van der Waals surface area contributed by atoms with Crippen molar-refractivity contribution in [2.75, 3.05) is 31.2 Å². The maximum atomic E-state index is 12.9. The number of phenolic OH excluding ortho intramolecular Hbond substituents is 1. The maximum Gasteiger partial charge on any atom is 0.341 e. The third-order valence-electron chi connectivity index (χ3n) is 5.69. The second-order valence-electron chi connectivity index (χ2n) is 8.11. The smallest absolute Gasteiger partial charge is 0.341 e. The largest absolute Gasteiger partial charge is 0.507 e. The van der Waals surface area contributed by atoms with Gasteiger partial charge in [0.15, 0.2) is 6.04 Å². The van der Waals surface area contributed by atoms with Crippen LogP contribution in [0, 0.1) is 0 Å². The van der Waals surface area contributed by atoms with Gasteiger partial charge in [0.05, 0.1) is 19.6 Å². The van der Waals surface area contributed by atoms with Gasteiger partial charge < -0.3 is 24.8 Å². The summed E-state index contributed by atoms with van der Waals surface area (Å²) in [5.41, 5.74) is 2.13. The molecule has 1 heterocycles. The Kier molecular flexibility index (Phi) is 8.90. The minimum Gasteiger partial charge on any atom is -0.507 e. The number of nitrogens with one attached hydrogen (secondary N) is 1. The minimum absolute atomic E-state index is 0.0332. The Hall–Kier alpha value is -3.55. The standard InChI is InChI=1S/C26H32N2O6/c1-3-33-25(31)20-13-12-18(16-22(20)29)17-23(30)27-24(26(32)34-4-2)19-10-6-7-11-21(19)28-14-8-5-9-15-28/h6-7,10-13,16,24,29H,3-5,8-9,14-15,17H2,1-2H3,(H,27,30). The second kappa shape index (κ2) is 12.1. The SMILES string of the molecule is CCOC(=O)c1ccc(CC(=O)NC(C(=O)OCC)c2ccccc2N2CCCCC2)cc1O. The van der Waals surface area contributed by atoms with Crippen LogP contribution in [0.15, 0.2) is 42.5 Å². The molecule has 1 aliphatic rings. The number of benzene rings is 2. The molecule has 1 unspecified atom stereocenters. The maximum absolute atomic E-state index is 12.9. The lowest BCUT2D eigenvalue weighted by atomic mass is 10.0. The van der Waals surface area contributed by atoms with Gasteiger partial charge in [0.25, 0.3) is 0 Å². The van der Waals surface area contributed by atoms with Crippen LogP contribution in [-0.2, 0) is 25.5 Å². The molecule has 1 amide bonds. The highest BCUT2D eigenvalue weighted by Crippen LogP contribution is 2.30. The molecular formula is C26H32N2O6. The first-order chi connectivity index (χ1) is 16.4. The molecule has 1 fully saturated rings. The van der Waals surface area contributed by atoms with Gasteiger partial charge in [-0.1, -0.05) is 24.3 Å². The van der Waals surface area contributed by atoms with Gasteiger partial charge in [0.1, 0.15) is 11.3 Å². The van der Waals surface area contributed by atoms with E-state index in [0.29, 0.717) is 11.1 Å². The summed E-state index contributed by atoms with van der Waals surface area (Å²) < 4.78 is 10.2. The van der Waals surface area contributed by atoms with Gasteiger partial charge in [-0.2, -0.15) is 0 Å². The zero-order valence-electron chi connectivity index (χ0n) is 19.7. The summed E-state index contributed by atoms with van der Waals surface area (Å²) in [7, 11) is 0. The van der Waals surface area contributed by atoms with E-state index >= 15 is 0 Å². The van der Waals surface area contributed by atoms with E-state index in [4.69, 9.17) is 9.47 Å². The molecule has 0 aliphatic carbocycles. The summed E-state index contributed by atoms with van der Waals surface area (Å²) in [6, 6.07) is 11.0. The minimum atomic E-state index is -0.960. The lowest BCUT2D eigenvalue weighted by Crippen LogP contribution is -2.38. The van der Waals surface area contributed by atoms with Crippen LogP contribution in [0.4, 0.5) is 5.69 Å². The average Bonchev–Trinajstić information content (AvgIpc) is 2.83. The highest BCUT2D eigenvalue weighted by Gasteiger charge is 2.28. The average molecular weight is 469 g/mol. The molecule has 1 saturated heterocycles. The summed E-state index contributed by atoms with van der Waals surface area (Å²) in [6.45, 7) is 5.58. The highest BCUT2D eigenvalue weighted by molar-refractivity contribution is 5.93. The summed E-state index contributed by atoms with van der Waals surface area (Å²) in [4.78, 5) is 39.9. The molecule has 0 radical (unpaired) electrons. The summed E-state index contributed by atoms with van der Waals surface area (Å²) >= 11 is 0. The predicted molar refractivity (Wildman–Crippen MR) is 128 cm³/mol. The van der Waals surface area contributed by atoms with Crippen molar-refractivity contribution in [1.29, 1.82) is 0 Å². The first-order valence-electron chi connectivity index (χ1n) is 11.7. The van der Waals surface area contributed by atoms with Crippen molar-refractivity contribution in [2.24, 2.45) is 0 Å². The Bertz CT molecular complexity index is 1020. The van der Waals surface area contributed by atoms with E-state index in [0.717, 1.165) is 31.6 Å². The monoisotopic (exact) mass is 468 g/mol. The van der Waals surface area contributed by atoms with E-state index in [1.165, 1.54) is 18.6 Å². The van der Waals surface area contributed by atoms with Crippen molar-refractivity contribution in [3.63, 3.8) is 0 Å². The van der Waals surface area contributed by atoms with Crippen LogP contribution in [0.5, 0.6) is 5.75 Å². The molecule has 0 spiro atoms. The normalized spacial score (nSPS) is 14.2. The van der Waals surface area contributed by atoms with Crippen molar-refractivity contribution >= 4 is 23.5 Å². The van der Waals surface area contributed by atoms with Crippen LogP contribution in [0.1, 0.15) is 60.6 Å². The number of nitrogens with zero attached hydrogens (tertiary/aromatic N) is 1. The van der Waals surface area contributed by atoms with Gasteiger partial charge in [-0.05, 0) is 56.9 Å². The number of carbonyl (C=O) groups excluding carboxylic acids is 3. The molecular weight excluding hydrogens is 436 g/mol. The fraction of sp³-hybridized carbons (Fsp3) is 0.423. The number of carbonyl (C=O) groups is 3. The Morgan fingerprint density at radius 1 is 1.00 bits per heavy atom. The van der Waals surface area contributed by atoms with Crippen molar-refractivity contribution in [3.8, 4) is 5.75 Å². The van der Waals surface area contributed by atoms with Crippen molar-refractivity contribution < 1.29 is 29.0 Å². The number of amides is 1. The Labute approximate surface area is 199 Å². The fourth-order valence-corrected chi connectivity index (χ4v) is 4.11. The molecule has 2 aromatic rings. The topological polar surface area (TPSA) is 105 Å². The first kappa shape index (κ1) is 25.1. The van der Waals surface area contributed by atoms with E-state index in [1.54, 1.807) is 19.9 Å². The van der Waals surface area contributed by atoms with Crippen LogP contribution < -0.4 is 10.2 Å². The summed E-state index contributed by atoms with van der Waals surface area (Å²) in [5.74, 6) is -1.83. The van der Waals surface area contributed by atoms with Crippen LogP contribution >= 0.6 is 0 Å². The van der Waals surface area contributed by atoms with E-state index < -0.39 is 23.9 Å². The second-order valence-corrected chi connectivity index (χ2v) is 8.11. The number of ether oxygens (including phenoxy) is 2. The molecule has 0 aromatic heterocycles. The molecule has 3 rings (SSSR count). The molecule has 0 bridgehead atoms. The van der Waals surface area contributed by atoms with Crippen LogP contribution in [-0.4, -0.2) is 49.3 Å². The van der Waals surface area contributed by atoms with E-state index in [9.17, 15) is 19.5 Å². The molecule has 182 valence electrons. The highest BCUT2D eigenvalue weighted by atomic mass is 16.5. The number of para-hydroxylation sites is 1. The van der Waals surface area contributed by atoms with Gasteiger partial charge in [-0.15, -0.1) is 0 Å². The molecule has 2 aromatic carbocycles. The molecule has 1 atom stereocenters. The number of rotatable bonds is 9. The van der Waals surface area contributed by atoms with E-state index in [2.05, 4.69) is 10.2 Å². The third kappa shape index (κ3) is 6.27. The van der Waals surface area contributed by atoms with Gasteiger partial charge >= 0.3 is 11.9 Å². The van der Waals surface area contributed by atoms with Crippen molar-refractivity contribution in [1.82, 2.24) is 5.32 Å². The van der Waals surface area contributed by atoms with Gasteiger partial charge in [0.2, 0.25) is 5.91 Å². The van der Waals surface area contributed by atoms with E-state index in [-0.39, 0.29) is 30.9 Å². The van der Waals surface area contributed by atoms with Crippen LogP contribution in [0.3, 0.4) is 0 Å². The fourth-order valence-electron chi connectivity index (χ4n) is 4.11. The van der Waals surface area contributed by atoms with Gasteiger partial charge in [-0.3, -0.25) is 4.79 Å². The number of phenols is 1. The number of anilines is 1. The lowest BCUT2D eigenvalue weighted by Gasteiger charge is -2.32. The molecule has 34 heavy (non-hydrogen) atoms. The quantitative estimate of drug-likeness (QED) is 0.543. The molecule has 8 heteroatoms. The summed E-state index contributed by atoms with van der Waals surface area (Å²) in [6.07, 6.45) is 3.25. The zero-order chi connectivity index (χ0) is 24.5. The van der Waals surface area contributed by atoms with Crippen LogP contribution in [0.25, 0.3) is 0 Å². The van der Waals surface area contributed by atoms with Gasteiger partial charge in [-0.25, -0.2) is 9.59 Å². The lowest BCUT2D eigenvalue weighted by molar-refractivity contribution is -0.147. The number of esters is 2. The first-order valence-corrected chi connectivity index (χ1v) is 11.7. The molecule has 1 aliphatic heterocycles.